The Morgan fingerprint density at radius 1 is 1.30 bits per heavy atom. The summed E-state index contributed by atoms with van der Waals surface area (Å²) in [5, 5.41) is 12.1. The first-order chi connectivity index (χ1) is 14.2. The van der Waals surface area contributed by atoms with Crippen molar-refractivity contribution >= 4 is 40.8 Å². The molecule has 2 unspecified atom stereocenters. The van der Waals surface area contributed by atoms with Crippen LogP contribution in [0.15, 0.2) is 42.5 Å². The number of aliphatic carboxylic acids is 1. The quantitative estimate of drug-likeness (QED) is 0.540. The number of amides is 1. The van der Waals surface area contributed by atoms with Crippen molar-refractivity contribution in [1.29, 1.82) is 0 Å². The minimum Gasteiger partial charge on any atom is -0.481 e. The van der Waals surface area contributed by atoms with Crippen molar-refractivity contribution in [2.24, 2.45) is 5.41 Å². The van der Waals surface area contributed by atoms with Gasteiger partial charge in [0.1, 0.15) is 6.10 Å². The average Bonchev–Trinajstić information content (AvgIpc) is 2.85. The molecule has 0 spiro atoms. The Kier molecular flexibility index (Phi) is 7.06. The number of carboxylic acids is 1. The second-order valence-corrected chi connectivity index (χ2v) is 9.10. The molecule has 5 nitrogen and oxygen atoms in total. The van der Waals surface area contributed by atoms with Crippen molar-refractivity contribution in [2.45, 2.75) is 51.2 Å². The molecule has 2 aromatic rings. The molecule has 0 radical (unpaired) electrons. The summed E-state index contributed by atoms with van der Waals surface area (Å²) in [6.07, 6.45) is -0.0759. The number of carbonyl (C=O) groups excluding carboxylic acids is 1. The first-order valence-electron chi connectivity index (χ1n) is 9.82. The van der Waals surface area contributed by atoms with Crippen molar-refractivity contribution in [3.8, 4) is 0 Å². The number of hydrogen-bond donors (Lipinski definition) is 2. The van der Waals surface area contributed by atoms with E-state index in [0.29, 0.717) is 12.1 Å². The van der Waals surface area contributed by atoms with Crippen LogP contribution in [0.4, 0.5) is 5.69 Å². The van der Waals surface area contributed by atoms with Gasteiger partial charge in [0.2, 0.25) is 0 Å². The van der Waals surface area contributed by atoms with Crippen LogP contribution in [0.3, 0.4) is 0 Å². The molecular formula is C23H25Cl2NO4. The van der Waals surface area contributed by atoms with E-state index < -0.39 is 12.1 Å². The van der Waals surface area contributed by atoms with Gasteiger partial charge in [-0.3, -0.25) is 9.59 Å². The largest absolute Gasteiger partial charge is 0.481 e. The number of hydrogen-bond acceptors (Lipinski definition) is 3. The first-order valence-corrected chi connectivity index (χ1v) is 10.6. The summed E-state index contributed by atoms with van der Waals surface area (Å²) in [6, 6.07) is 13.4. The maximum absolute atomic E-state index is 12.3. The van der Waals surface area contributed by atoms with Crippen LogP contribution < -0.4 is 5.32 Å². The summed E-state index contributed by atoms with van der Waals surface area (Å²) in [5.41, 5.74) is 3.17. The lowest BCUT2D eigenvalue weighted by Crippen LogP contribution is -2.28. The maximum Gasteiger partial charge on any atom is 0.303 e. The van der Waals surface area contributed by atoms with E-state index in [1.807, 2.05) is 42.5 Å². The van der Waals surface area contributed by atoms with Gasteiger partial charge in [0.15, 0.2) is 0 Å². The third kappa shape index (κ3) is 5.34. The van der Waals surface area contributed by atoms with Gasteiger partial charge in [0.25, 0.3) is 5.91 Å². The van der Waals surface area contributed by atoms with Gasteiger partial charge >= 0.3 is 5.97 Å². The number of fused-ring (bicyclic) bond motifs is 1. The smallest absolute Gasteiger partial charge is 0.303 e. The molecule has 1 heterocycles. The van der Waals surface area contributed by atoms with Gasteiger partial charge < -0.3 is 15.2 Å². The van der Waals surface area contributed by atoms with Crippen LogP contribution in [-0.4, -0.2) is 23.1 Å². The molecular weight excluding hydrogens is 425 g/mol. The lowest BCUT2D eigenvalue weighted by atomic mass is 9.79. The lowest BCUT2D eigenvalue weighted by molar-refractivity contribution is -0.138. The van der Waals surface area contributed by atoms with Crippen molar-refractivity contribution in [1.82, 2.24) is 0 Å². The molecule has 0 aromatic heterocycles. The Morgan fingerprint density at radius 3 is 2.73 bits per heavy atom. The monoisotopic (exact) mass is 449 g/mol. The van der Waals surface area contributed by atoms with E-state index >= 15 is 0 Å². The van der Waals surface area contributed by atoms with Crippen LogP contribution in [0.5, 0.6) is 0 Å². The summed E-state index contributed by atoms with van der Waals surface area (Å²) in [7, 11) is 0. The van der Waals surface area contributed by atoms with E-state index in [1.54, 1.807) is 0 Å². The SMILES string of the molecule is CC(C)(Cc1ccccc1Cl)C(Cl)c1ccc2c(c1)COC(CCC(=O)O)C(=O)N2. The summed E-state index contributed by atoms with van der Waals surface area (Å²) in [5.74, 6) is -1.29. The topological polar surface area (TPSA) is 75.6 Å². The van der Waals surface area contributed by atoms with E-state index in [-0.39, 0.29) is 36.1 Å². The fourth-order valence-corrected chi connectivity index (χ4v) is 4.05. The minimum atomic E-state index is -0.957. The minimum absolute atomic E-state index is 0.125. The molecule has 2 aromatic carbocycles. The molecule has 2 atom stereocenters. The van der Waals surface area contributed by atoms with E-state index in [9.17, 15) is 9.59 Å². The van der Waals surface area contributed by atoms with Gasteiger partial charge in [0.05, 0.1) is 12.0 Å². The molecule has 0 aliphatic carbocycles. The number of rotatable bonds is 7. The fourth-order valence-electron chi connectivity index (χ4n) is 3.63. The summed E-state index contributed by atoms with van der Waals surface area (Å²) >= 11 is 13.2. The lowest BCUT2D eigenvalue weighted by Gasteiger charge is -2.31. The predicted molar refractivity (Wildman–Crippen MR) is 118 cm³/mol. The van der Waals surface area contributed by atoms with Crippen molar-refractivity contribution in [3.63, 3.8) is 0 Å². The predicted octanol–water partition coefficient (Wildman–Crippen LogP) is 5.59. The zero-order valence-corrected chi connectivity index (χ0v) is 18.5. The molecule has 0 saturated carbocycles. The summed E-state index contributed by atoms with van der Waals surface area (Å²) < 4.78 is 5.69. The van der Waals surface area contributed by atoms with Gasteiger partial charge in [0, 0.05) is 22.7 Å². The standard InChI is InChI=1S/C23H25Cl2NO4/c1-23(2,12-15-5-3-4-6-17(15)24)21(25)14-7-8-18-16(11-14)13-30-19(22(29)26-18)9-10-20(27)28/h3-8,11,19,21H,9-10,12-13H2,1-2H3,(H,26,29)(H,27,28). The maximum atomic E-state index is 12.3. The van der Waals surface area contributed by atoms with Gasteiger partial charge in [-0.15, -0.1) is 11.6 Å². The average molecular weight is 450 g/mol. The van der Waals surface area contributed by atoms with Crippen molar-refractivity contribution in [3.05, 3.63) is 64.2 Å². The Morgan fingerprint density at radius 2 is 2.03 bits per heavy atom. The zero-order valence-electron chi connectivity index (χ0n) is 17.0. The molecule has 0 bridgehead atoms. The second kappa shape index (κ2) is 9.38. The Labute approximate surface area is 186 Å². The molecule has 1 aliphatic heterocycles. The first kappa shape index (κ1) is 22.6. The molecule has 1 aliphatic rings. The number of carbonyl (C=O) groups is 2. The number of carboxylic acid groups (broad SMARTS) is 1. The number of nitrogens with one attached hydrogen (secondary N) is 1. The molecule has 2 N–H and O–H groups in total. The molecule has 3 rings (SSSR count). The van der Waals surface area contributed by atoms with Crippen LogP contribution in [0.25, 0.3) is 0 Å². The normalized spacial score (nSPS) is 17.6. The van der Waals surface area contributed by atoms with E-state index in [0.717, 1.165) is 21.7 Å². The molecule has 0 fully saturated rings. The van der Waals surface area contributed by atoms with Gasteiger partial charge in [-0.2, -0.15) is 0 Å². The highest BCUT2D eigenvalue weighted by Crippen LogP contribution is 2.43. The third-order valence-corrected chi connectivity index (χ3v) is 6.53. The van der Waals surface area contributed by atoms with Crippen LogP contribution in [-0.2, 0) is 27.4 Å². The molecule has 7 heteroatoms. The van der Waals surface area contributed by atoms with Crippen LogP contribution in [0.1, 0.15) is 48.8 Å². The van der Waals surface area contributed by atoms with Crippen LogP contribution in [0.2, 0.25) is 5.02 Å². The van der Waals surface area contributed by atoms with E-state index in [2.05, 4.69) is 19.2 Å². The van der Waals surface area contributed by atoms with Crippen LogP contribution >= 0.6 is 23.2 Å². The van der Waals surface area contributed by atoms with Gasteiger partial charge in [-0.1, -0.05) is 49.7 Å². The molecule has 0 saturated heterocycles. The molecule has 1 amide bonds. The van der Waals surface area contributed by atoms with Crippen molar-refractivity contribution < 1.29 is 19.4 Å². The number of alkyl halides is 1. The number of halogens is 2. The highest BCUT2D eigenvalue weighted by atomic mass is 35.5. The number of ether oxygens (including phenoxy) is 1. The van der Waals surface area contributed by atoms with Crippen molar-refractivity contribution in [2.75, 3.05) is 5.32 Å². The zero-order chi connectivity index (χ0) is 21.9. The van der Waals surface area contributed by atoms with Gasteiger partial charge in [-0.25, -0.2) is 0 Å². The Bertz CT molecular complexity index is 945. The fraction of sp³-hybridized carbons (Fsp3) is 0.391. The highest BCUT2D eigenvalue weighted by Gasteiger charge is 2.31. The second-order valence-electron chi connectivity index (χ2n) is 8.26. The molecule has 30 heavy (non-hydrogen) atoms. The van der Waals surface area contributed by atoms with E-state index in [4.69, 9.17) is 33.0 Å². The third-order valence-electron chi connectivity index (χ3n) is 5.32. The number of benzene rings is 2. The Hall–Kier alpha value is -2.08. The molecule has 160 valence electrons. The Balaban J connectivity index is 1.77. The summed E-state index contributed by atoms with van der Waals surface area (Å²) in [4.78, 5) is 23.1. The van der Waals surface area contributed by atoms with Crippen LogP contribution in [0, 0.1) is 5.41 Å². The van der Waals surface area contributed by atoms with Gasteiger partial charge in [-0.05, 0) is 47.6 Å². The van der Waals surface area contributed by atoms with E-state index in [1.165, 1.54) is 0 Å². The number of anilines is 1. The highest BCUT2D eigenvalue weighted by molar-refractivity contribution is 6.31. The summed E-state index contributed by atoms with van der Waals surface area (Å²) in [6.45, 7) is 4.40.